The molecule has 0 N–H and O–H groups in total. The first kappa shape index (κ1) is 65.9. The number of unbranched alkanes of at least 4 members (excludes halogenated alkanes) is 41. The van der Waals surface area contributed by atoms with E-state index in [1.807, 2.05) is 0 Å². The number of hydrogen-bond acceptors (Lipinski definition) is 6. The van der Waals surface area contributed by atoms with Gasteiger partial charge >= 0.3 is 17.9 Å². The van der Waals surface area contributed by atoms with E-state index in [1.54, 1.807) is 0 Å². The number of ether oxygens (including phenoxy) is 3. The molecule has 0 radical (unpaired) electrons. The van der Waals surface area contributed by atoms with Gasteiger partial charge in [-0.3, -0.25) is 14.4 Å². The highest BCUT2D eigenvalue weighted by atomic mass is 16.6. The van der Waals surface area contributed by atoms with Gasteiger partial charge in [0.1, 0.15) is 13.2 Å². The van der Waals surface area contributed by atoms with Gasteiger partial charge in [-0.1, -0.05) is 270 Å². The highest BCUT2D eigenvalue weighted by Gasteiger charge is 2.19. The van der Waals surface area contributed by atoms with Crippen molar-refractivity contribution in [3.63, 3.8) is 0 Å². The predicted octanol–water partition coefficient (Wildman–Crippen LogP) is 20.3. The maximum Gasteiger partial charge on any atom is 0.306 e. The normalized spacial score (nSPS) is 12.1. The topological polar surface area (TPSA) is 78.9 Å². The Bertz CT molecular complexity index is 1100. The highest BCUT2D eigenvalue weighted by molar-refractivity contribution is 5.71. The molecule has 6 nitrogen and oxygen atoms in total. The van der Waals surface area contributed by atoms with E-state index in [0.717, 1.165) is 64.2 Å². The van der Waals surface area contributed by atoms with Gasteiger partial charge in [0.25, 0.3) is 0 Å². The second kappa shape index (κ2) is 57.5. The molecular weight excluding hydrogens is 841 g/mol. The average Bonchev–Trinajstić information content (AvgIpc) is 3.34. The summed E-state index contributed by atoms with van der Waals surface area (Å²) in [6.45, 7) is 6.65. The van der Waals surface area contributed by atoms with Gasteiger partial charge in [-0.15, -0.1) is 0 Å². The summed E-state index contributed by atoms with van der Waals surface area (Å²) < 4.78 is 16.8. The van der Waals surface area contributed by atoms with E-state index < -0.39 is 6.10 Å². The van der Waals surface area contributed by atoms with Crippen LogP contribution in [0.25, 0.3) is 0 Å². The molecule has 0 aromatic rings. The maximum atomic E-state index is 12.8. The third-order valence-electron chi connectivity index (χ3n) is 13.7. The van der Waals surface area contributed by atoms with Gasteiger partial charge in [0.05, 0.1) is 0 Å². The van der Waals surface area contributed by atoms with Gasteiger partial charge in [-0.05, 0) is 70.6 Å². The third kappa shape index (κ3) is 54.8. The lowest BCUT2D eigenvalue weighted by Crippen LogP contribution is -2.30. The lowest BCUT2D eigenvalue weighted by Gasteiger charge is -2.18. The number of carbonyl (C=O) groups excluding carboxylic acids is 3. The summed E-state index contributed by atoms with van der Waals surface area (Å²) in [6, 6.07) is 0. The summed E-state index contributed by atoms with van der Waals surface area (Å²) in [5.41, 5.74) is 0. The molecule has 0 aromatic heterocycles. The molecule has 0 bridgehead atoms. The largest absolute Gasteiger partial charge is 0.462 e. The molecule has 1 atom stereocenters. The Hall–Kier alpha value is -2.11. The predicted molar refractivity (Wildman–Crippen MR) is 293 cm³/mol. The molecule has 0 aliphatic heterocycles. The van der Waals surface area contributed by atoms with Crippen LogP contribution in [0.1, 0.15) is 335 Å². The molecule has 0 saturated heterocycles. The smallest absolute Gasteiger partial charge is 0.306 e. The Morgan fingerprint density at radius 2 is 0.485 bits per heavy atom. The quantitative estimate of drug-likeness (QED) is 0.0262. The summed E-state index contributed by atoms with van der Waals surface area (Å²) in [5, 5.41) is 0. The fourth-order valence-electron chi connectivity index (χ4n) is 9.08. The van der Waals surface area contributed by atoms with Crippen LogP contribution in [0.2, 0.25) is 0 Å². The van der Waals surface area contributed by atoms with E-state index in [0.29, 0.717) is 19.3 Å². The van der Waals surface area contributed by atoms with Crippen LogP contribution in [0.4, 0.5) is 0 Å². The van der Waals surface area contributed by atoms with E-state index in [-0.39, 0.29) is 31.1 Å². The number of carbonyl (C=O) groups is 3. The van der Waals surface area contributed by atoms with E-state index >= 15 is 0 Å². The van der Waals surface area contributed by atoms with Gasteiger partial charge in [-0.25, -0.2) is 0 Å². The van der Waals surface area contributed by atoms with Crippen LogP contribution in [-0.4, -0.2) is 37.2 Å². The maximum absolute atomic E-state index is 12.8. The molecule has 0 fully saturated rings. The van der Waals surface area contributed by atoms with Crippen molar-refractivity contribution in [2.45, 2.75) is 341 Å². The summed E-state index contributed by atoms with van der Waals surface area (Å²) in [6.07, 6.45) is 67.7. The van der Waals surface area contributed by atoms with Crippen molar-refractivity contribution in [2.75, 3.05) is 13.2 Å². The highest BCUT2D eigenvalue weighted by Crippen LogP contribution is 2.17. The summed E-state index contributed by atoms with van der Waals surface area (Å²) >= 11 is 0. The first-order valence-corrected chi connectivity index (χ1v) is 30.3. The molecule has 0 aromatic carbocycles. The molecule has 0 aliphatic rings. The fraction of sp³-hybridized carbons (Fsp3) is 0.887. The summed E-state index contributed by atoms with van der Waals surface area (Å²) in [4.78, 5) is 38.0. The molecule has 400 valence electrons. The van der Waals surface area contributed by atoms with Crippen LogP contribution in [0.5, 0.6) is 0 Å². The van der Waals surface area contributed by atoms with Crippen molar-refractivity contribution in [1.82, 2.24) is 0 Å². The lowest BCUT2D eigenvalue weighted by atomic mass is 10.0. The summed E-state index contributed by atoms with van der Waals surface area (Å²) in [7, 11) is 0. The van der Waals surface area contributed by atoms with E-state index in [9.17, 15) is 14.4 Å². The van der Waals surface area contributed by atoms with Crippen molar-refractivity contribution in [2.24, 2.45) is 0 Å². The van der Waals surface area contributed by atoms with Crippen LogP contribution >= 0.6 is 0 Å². The Balaban J connectivity index is 4.11. The zero-order chi connectivity index (χ0) is 49.3. The van der Waals surface area contributed by atoms with Crippen LogP contribution in [-0.2, 0) is 28.6 Å². The first-order chi connectivity index (χ1) is 33.5. The van der Waals surface area contributed by atoms with Crippen molar-refractivity contribution in [3.05, 3.63) is 24.3 Å². The van der Waals surface area contributed by atoms with Crippen LogP contribution < -0.4 is 0 Å². The number of allylic oxidation sites excluding steroid dienone is 4. The van der Waals surface area contributed by atoms with Crippen molar-refractivity contribution in [1.29, 1.82) is 0 Å². The van der Waals surface area contributed by atoms with Crippen molar-refractivity contribution in [3.8, 4) is 0 Å². The van der Waals surface area contributed by atoms with Gasteiger partial charge < -0.3 is 14.2 Å². The minimum Gasteiger partial charge on any atom is -0.462 e. The molecule has 0 spiro atoms. The Morgan fingerprint density at radius 3 is 0.750 bits per heavy atom. The molecule has 0 heterocycles. The van der Waals surface area contributed by atoms with Crippen LogP contribution in [0, 0.1) is 0 Å². The molecule has 0 amide bonds. The second-order valence-corrected chi connectivity index (χ2v) is 20.6. The molecule has 0 saturated carbocycles. The first-order valence-electron chi connectivity index (χ1n) is 30.3. The molecule has 68 heavy (non-hydrogen) atoms. The minimum atomic E-state index is -0.770. The van der Waals surface area contributed by atoms with Gasteiger partial charge in [0.15, 0.2) is 6.10 Å². The molecular formula is C62H116O6. The van der Waals surface area contributed by atoms with Gasteiger partial charge in [-0.2, -0.15) is 0 Å². The van der Waals surface area contributed by atoms with Gasteiger partial charge in [0.2, 0.25) is 0 Å². The van der Waals surface area contributed by atoms with E-state index in [4.69, 9.17) is 14.2 Å². The second-order valence-electron chi connectivity index (χ2n) is 20.6. The monoisotopic (exact) mass is 957 g/mol. The average molecular weight is 958 g/mol. The molecule has 6 heteroatoms. The number of rotatable bonds is 56. The SMILES string of the molecule is CCCCCC/C=C\CCCCCCCC(=O)OC(COC(=O)CCCCCCCCCCCC)COC(=O)CCCCCCCCCCCCCCCCC/C=C\CCCCCCCCCC. The van der Waals surface area contributed by atoms with Crippen LogP contribution in [0.15, 0.2) is 24.3 Å². The van der Waals surface area contributed by atoms with Crippen LogP contribution in [0.3, 0.4) is 0 Å². The van der Waals surface area contributed by atoms with Crippen molar-refractivity contribution >= 4 is 17.9 Å². The zero-order valence-corrected chi connectivity index (χ0v) is 45.9. The molecule has 1 unspecified atom stereocenters. The standard InChI is InChI=1S/C62H116O6/c1-4-7-10-13-16-19-22-24-25-26-27-28-29-30-31-32-33-34-35-36-37-39-40-43-46-49-52-55-61(64)67-58-59(57-66-60(63)54-51-48-45-42-21-18-15-12-9-6-3)68-62(65)56-53-50-47-44-41-38-23-20-17-14-11-8-5-2/h20,23,26-27,59H,4-19,21-22,24-25,28-58H2,1-3H3/b23-20-,27-26-. The third-order valence-corrected chi connectivity index (χ3v) is 13.7. The zero-order valence-electron chi connectivity index (χ0n) is 45.9. The van der Waals surface area contributed by atoms with Gasteiger partial charge in [0, 0.05) is 19.3 Å². The molecule has 0 aliphatic carbocycles. The fourth-order valence-corrected chi connectivity index (χ4v) is 9.08. The lowest BCUT2D eigenvalue weighted by molar-refractivity contribution is -0.167. The van der Waals surface area contributed by atoms with E-state index in [1.165, 1.54) is 231 Å². The van der Waals surface area contributed by atoms with E-state index in [2.05, 4.69) is 45.1 Å². The Kier molecular flexibility index (Phi) is 55.7. The summed E-state index contributed by atoms with van der Waals surface area (Å²) in [5.74, 6) is -0.861. The molecule has 0 rings (SSSR count). The minimum absolute atomic E-state index is 0.0699. The Labute approximate surface area is 423 Å². The van der Waals surface area contributed by atoms with Crippen molar-refractivity contribution < 1.29 is 28.6 Å². The number of hydrogen-bond donors (Lipinski definition) is 0. The Morgan fingerprint density at radius 1 is 0.279 bits per heavy atom. The number of esters is 3.